The Morgan fingerprint density at radius 3 is 2.24 bits per heavy atom. The summed E-state index contributed by atoms with van der Waals surface area (Å²) in [4.78, 5) is 61.9. The van der Waals surface area contributed by atoms with Crippen LogP contribution < -0.4 is 26.2 Å². The zero-order valence-corrected chi connectivity index (χ0v) is 41.6. The Morgan fingerprint density at radius 1 is 0.915 bits per heavy atom. The zero-order chi connectivity index (χ0) is 50.9. The molecule has 71 heavy (non-hydrogen) atoms. The molecule has 0 radical (unpaired) electrons. The van der Waals surface area contributed by atoms with E-state index in [0.29, 0.717) is 71.0 Å². The first-order chi connectivity index (χ1) is 33.7. The third-order valence-electron chi connectivity index (χ3n) is 14.0. The number of aromatic nitrogens is 5. The normalized spacial score (nSPS) is 22.3. The second-order valence-electron chi connectivity index (χ2n) is 20.4. The lowest BCUT2D eigenvalue weighted by Crippen LogP contribution is -2.58. The fraction of sp³-hybridized carbons (Fsp3) is 0.490. The molecule has 2 saturated heterocycles. The van der Waals surface area contributed by atoms with Crippen LogP contribution in [0.4, 0.5) is 30.6 Å². The van der Waals surface area contributed by atoms with E-state index in [2.05, 4.69) is 49.5 Å². The number of piperazine rings is 1. The average molecular weight is 998 g/mol. The first-order valence-corrected chi connectivity index (χ1v) is 25.0. The van der Waals surface area contributed by atoms with Crippen LogP contribution in [0.5, 0.6) is 5.75 Å². The number of alkyl halides is 3. The first-order valence-electron chi connectivity index (χ1n) is 24.1. The Morgan fingerprint density at radius 2 is 1.61 bits per heavy atom. The number of anilines is 3. The predicted molar refractivity (Wildman–Crippen MR) is 265 cm³/mol. The number of aryl methyl sites for hydroxylation is 1. The molecule has 1 saturated carbocycles. The molecule has 378 valence electrons. The Kier molecular flexibility index (Phi) is 14.9. The van der Waals surface area contributed by atoms with Crippen molar-refractivity contribution in [3.8, 4) is 27.4 Å². The van der Waals surface area contributed by atoms with Crippen LogP contribution in [-0.4, -0.2) is 108 Å². The van der Waals surface area contributed by atoms with Crippen LogP contribution in [-0.2, 0) is 33.5 Å². The maximum absolute atomic E-state index is 14.3. The number of hydrogen-bond donors (Lipinski definition) is 5. The minimum atomic E-state index is -4.70. The number of hydrogen-bond acceptors (Lipinski definition) is 14. The van der Waals surface area contributed by atoms with Gasteiger partial charge in [-0.3, -0.25) is 14.4 Å². The van der Waals surface area contributed by atoms with Gasteiger partial charge in [0.2, 0.25) is 23.7 Å². The number of amides is 3. The van der Waals surface area contributed by atoms with E-state index in [1.165, 1.54) is 22.3 Å². The maximum Gasteiger partial charge on any atom is 0.416 e. The van der Waals surface area contributed by atoms with Crippen molar-refractivity contribution in [2.45, 2.75) is 123 Å². The van der Waals surface area contributed by atoms with Gasteiger partial charge in [-0.05, 0) is 105 Å². The number of nitrogen functional groups attached to an aromatic ring is 1. The maximum atomic E-state index is 14.3. The second kappa shape index (κ2) is 20.7. The number of aliphatic hydroxyl groups is 1. The molecule has 0 spiro atoms. The molecule has 5 aromatic rings. The summed E-state index contributed by atoms with van der Waals surface area (Å²) in [6.45, 7) is 12.0. The monoisotopic (exact) mass is 997 g/mol. The summed E-state index contributed by atoms with van der Waals surface area (Å²) in [6, 6.07) is 10.7. The van der Waals surface area contributed by atoms with Crippen LogP contribution in [0.2, 0.25) is 0 Å². The number of nitrogens with zero attached hydrogens (tertiary/aromatic N) is 8. The summed E-state index contributed by atoms with van der Waals surface area (Å²) >= 11 is 1.24. The van der Waals surface area contributed by atoms with E-state index >= 15 is 0 Å². The number of nitrogens with two attached hydrogens (primary N) is 1. The lowest BCUT2D eigenvalue weighted by atomic mass is 9.78. The van der Waals surface area contributed by atoms with Crippen LogP contribution in [0.25, 0.3) is 21.7 Å². The molecule has 8 rings (SSSR count). The number of benzene rings is 2. The third kappa shape index (κ3) is 11.4. The number of thiazole rings is 1. The molecular weight excluding hydrogens is 936 g/mol. The van der Waals surface area contributed by atoms with E-state index in [0.717, 1.165) is 36.6 Å². The molecule has 1 aliphatic carbocycles. The molecule has 20 heteroatoms. The van der Waals surface area contributed by atoms with Gasteiger partial charge in [0.15, 0.2) is 5.82 Å². The van der Waals surface area contributed by atoms with Gasteiger partial charge in [-0.25, -0.2) is 15.0 Å². The van der Waals surface area contributed by atoms with E-state index in [1.807, 2.05) is 45.3 Å². The Balaban J connectivity index is 0.840. The molecule has 3 amide bonds. The number of phenols is 1. The van der Waals surface area contributed by atoms with E-state index in [1.54, 1.807) is 36.7 Å². The number of para-hydroxylation sites is 1. The van der Waals surface area contributed by atoms with E-state index < -0.39 is 53.7 Å². The van der Waals surface area contributed by atoms with Crippen molar-refractivity contribution in [2.75, 3.05) is 35.2 Å². The highest BCUT2D eigenvalue weighted by atomic mass is 32.1. The van der Waals surface area contributed by atoms with E-state index in [-0.39, 0.29) is 48.2 Å². The molecule has 2 unspecified atom stereocenters. The van der Waals surface area contributed by atoms with Gasteiger partial charge in [-0.1, -0.05) is 45.0 Å². The van der Waals surface area contributed by atoms with Crippen molar-refractivity contribution in [2.24, 2.45) is 17.3 Å². The van der Waals surface area contributed by atoms with Crippen molar-refractivity contribution in [1.82, 2.24) is 40.7 Å². The molecule has 3 aromatic heterocycles. The van der Waals surface area contributed by atoms with Crippen molar-refractivity contribution < 1.29 is 37.8 Å². The Bertz CT molecular complexity index is 2710. The van der Waals surface area contributed by atoms with Gasteiger partial charge < -0.3 is 41.3 Å². The van der Waals surface area contributed by atoms with Crippen molar-refractivity contribution >= 4 is 46.5 Å². The molecule has 3 aliphatic rings. The minimum absolute atomic E-state index is 0.0285. The average Bonchev–Trinajstić information content (AvgIpc) is 3.95. The van der Waals surface area contributed by atoms with Gasteiger partial charge in [0.25, 0.3) is 0 Å². The van der Waals surface area contributed by atoms with Crippen molar-refractivity contribution in [3.05, 3.63) is 88.8 Å². The fourth-order valence-electron chi connectivity index (χ4n) is 10.3. The lowest BCUT2D eigenvalue weighted by Gasteiger charge is -2.45. The number of carbonyl (C=O) groups excluding carboxylic acids is 3. The number of phenolic OH excluding ortho intramolecular Hbond substituents is 1. The SMILES string of the molecule is Cc1ncsc1-c1ccc(CNC(=O)[C@@H]2C[C@@H](O)CN2C(=O)[C@@H](NC(=O)C2CCC(Cc3cnc(N4C(C)CN(c5cc(-c6ccccc6O)nnc5N)CC4C)nc3)CC2)C(C)(C)C)c(C(F)(F)F)c1. The molecule has 2 aliphatic heterocycles. The standard InChI is InChI=1S/C51H62F3N11O5S/c1-28-24-63(40-20-39(61-62-45(40)55)37-9-7-8-10-42(37)67)25-29(2)65(28)49-57-21-32(22-58-49)17-31-11-13-33(14-12-31)46(68)60-44(50(4,5)6)48(70)64-26-36(66)19-41(64)47(69)56-23-35-16-15-34(18-38(35)51(52,53)54)43-30(3)59-27-71-43/h7-10,15-16,18,20-22,27-29,31,33,36,41,44,66-67H,11-14,17,19,23-26H2,1-6H3,(H2,55,62)(H,56,69)(H,60,68)/t28?,29?,31?,33?,36-,41+,44-/m1/s1. The van der Waals surface area contributed by atoms with Gasteiger partial charge in [0.05, 0.1) is 39.1 Å². The third-order valence-corrected chi connectivity index (χ3v) is 15.0. The number of halogens is 3. The summed E-state index contributed by atoms with van der Waals surface area (Å²) in [5.74, 6) is -0.481. The van der Waals surface area contributed by atoms with Crippen LogP contribution in [0.1, 0.15) is 89.1 Å². The van der Waals surface area contributed by atoms with Gasteiger partial charge in [-0.15, -0.1) is 21.5 Å². The molecular formula is C51H62F3N11O5S. The van der Waals surface area contributed by atoms with Gasteiger partial charge in [-0.2, -0.15) is 13.2 Å². The molecule has 6 N–H and O–H groups in total. The quantitative estimate of drug-likeness (QED) is 0.0858. The van der Waals surface area contributed by atoms with Crippen LogP contribution >= 0.6 is 11.3 Å². The van der Waals surface area contributed by atoms with Gasteiger partial charge in [0.1, 0.15) is 17.8 Å². The van der Waals surface area contributed by atoms with Crippen molar-refractivity contribution in [3.63, 3.8) is 0 Å². The summed E-state index contributed by atoms with van der Waals surface area (Å²) in [7, 11) is 0. The number of rotatable bonds is 12. The van der Waals surface area contributed by atoms with Gasteiger partial charge in [0, 0.05) is 68.6 Å². The molecule has 2 aromatic carbocycles. The van der Waals surface area contributed by atoms with E-state index in [4.69, 9.17) is 15.7 Å². The number of aromatic hydroxyl groups is 1. The molecule has 5 atom stereocenters. The highest BCUT2D eigenvalue weighted by Gasteiger charge is 2.45. The zero-order valence-electron chi connectivity index (χ0n) is 40.8. The first kappa shape index (κ1) is 51.0. The highest BCUT2D eigenvalue weighted by Crippen LogP contribution is 2.38. The summed E-state index contributed by atoms with van der Waals surface area (Å²) in [5.41, 5.74) is 9.90. The van der Waals surface area contributed by atoms with Crippen molar-refractivity contribution in [1.29, 1.82) is 0 Å². The fourth-order valence-corrected chi connectivity index (χ4v) is 11.1. The molecule has 3 fully saturated rings. The Labute approximate surface area is 415 Å². The number of β-amino-alcohol motifs (C(OH)–C–C–N with tert-alkyl or cyclic N) is 1. The summed E-state index contributed by atoms with van der Waals surface area (Å²) in [5, 5.41) is 35.1. The molecule has 5 heterocycles. The predicted octanol–water partition coefficient (Wildman–Crippen LogP) is 6.93. The van der Waals surface area contributed by atoms with Crippen LogP contribution in [0.15, 0.2) is 66.4 Å². The minimum Gasteiger partial charge on any atom is -0.507 e. The summed E-state index contributed by atoms with van der Waals surface area (Å²) in [6.07, 6.45) is 1.46. The van der Waals surface area contributed by atoms with Crippen LogP contribution in [0.3, 0.4) is 0 Å². The Hall–Kier alpha value is -6.41. The number of aliphatic hydroxyl groups excluding tert-OH is 1. The topological polar surface area (TPSA) is 216 Å². The number of carbonyl (C=O) groups is 3. The molecule has 0 bridgehead atoms. The number of likely N-dealkylation sites (tertiary alicyclic amines) is 1. The highest BCUT2D eigenvalue weighted by molar-refractivity contribution is 7.13. The molecule has 16 nitrogen and oxygen atoms in total. The van der Waals surface area contributed by atoms with Gasteiger partial charge >= 0.3 is 6.18 Å². The number of nitrogens with one attached hydrogen (secondary N) is 2. The summed E-state index contributed by atoms with van der Waals surface area (Å²) < 4.78 is 42.9. The van der Waals surface area contributed by atoms with E-state index in [9.17, 15) is 37.8 Å². The largest absolute Gasteiger partial charge is 0.507 e. The smallest absolute Gasteiger partial charge is 0.416 e. The lowest BCUT2D eigenvalue weighted by molar-refractivity contribution is -0.144. The second-order valence-corrected chi connectivity index (χ2v) is 21.3. The van der Waals surface area contributed by atoms with Crippen LogP contribution in [0, 0.1) is 24.2 Å².